The number of rotatable bonds is 8. The van der Waals surface area contributed by atoms with Crippen molar-refractivity contribution in [2.75, 3.05) is 6.61 Å². The molecule has 10 nitrogen and oxygen atoms in total. The lowest BCUT2D eigenvalue weighted by atomic mass is 9.84. The van der Waals surface area contributed by atoms with E-state index >= 15 is 0 Å². The van der Waals surface area contributed by atoms with E-state index in [1.54, 1.807) is 39.0 Å². The zero-order valence-corrected chi connectivity index (χ0v) is 28.5. The van der Waals surface area contributed by atoms with E-state index in [9.17, 15) is 19.5 Å². The number of aliphatic hydroxyl groups excluding tert-OH is 1. The number of unbranched alkanes of at least 4 members (excludes halogenated alkanes) is 1. The highest BCUT2D eigenvalue weighted by atomic mass is 79.9. The van der Waals surface area contributed by atoms with Gasteiger partial charge in [0.25, 0.3) is 5.91 Å². The number of nitrogens with zero attached hydrogens (tertiary/aromatic N) is 2. The lowest BCUT2D eigenvalue weighted by Gasteiger charge is -2.43. The van der Waals surface area contributed by atoms with Crippen molar-refractivity contribution in [1.29, 1.82) is 0 Å². The molecule has 0 spiro atoms. The zero-order valence-electron chi connectivity index (χ0n) is 26.9. The van der Waals surface area contributed by atoms with Crippen LogP contribution >= 0.6 is 15.9 Å². The van der Waals surface area contributed by atoms with E-state index < -0.39 is 35.4 Å². The van der Waals surface area contributed by atoms with Crippen LogP contribution in [-0.4, -0.2) is 57.7 Å². The Hall–Kier alpha value is -3.70. The highest BCUT2D eigenvalue weighted by molar-refractivity contribution is 9.10. The highest BCUT2D eigenvalue weighted by Gasteiger charge is 2.44. The fourth-order valence-electron chi connectivity index (χ4n) is 6.48. The topological polar surface area (TPSA) is 130 Å². The number of benzene rings is 2. The van der Waals surface area contributed by atoms with Crippen LogP contribution in [0.2, 0.25) is 0 Å². The number of amides is 3. The molecule has 246 valence electrons. The first-order valence-electron chi connectivity index (χ1n) is 15.9. The van der Waals surface area contributed by atoms with Gasteiger partial charge in [0.2, 0.25) is 11.9 Å². The third kappa shape index (κ3) is 7.31. The van der Waals surface area contributed by atoms with Crippen LogP contribution in [-0.2, 0) is 16.0 Å². The Morgan fingerprint density at radius 1 is 1.24 bits per heavy atom. The van der Waals surface area contributed by atoms with Gasteiger partial charge in [-0.3, -0.25) is 19.8 Å². The van der Waals surface area contributed by atoms with Gasteiger partial charge in [0.1, 0.15) is 11.4 Å². The van der Waals surface area contributed by atoms with Gasteiger partial charge in [-0.2, -0.15) is 0 Å². The van der Waals surface area contributed by atoms with Crippen LogP contribution in [0.3, 0.4) is 0 Å². The Labute approximate surface area is 278 Å². The molecule has 0 bridgehead atoms. The first kappa shape index (κ1) is 33.7. The maximum absolute atomic E-state index is 14.1. The van der Waals surface area contributed by atoms with Crippen molar-refractivity contribution in [3.05, 3.63) is 75.8 Å². The number of guanidine groups is 1. The number of alkyl carbamates (subject to hydrolysis) is 1. The molecule has 2 aromatic rings. The van der Waals surface area contributed by atoms with Crippen LogP contribution in [0, 0.1) is 0 Å². The number of hydrogen-bond donors (Lipinski definition) is 3. The molecule has 1 aliphatic carbocycles. The maximum atomic E-state index is 14.1. The fraction of sp³-hybridized carbons (Fsp3) is 0.486. The second kappa shape index (κ2) is 13.6. The van der Waals surface area contributed by atoms with Gasteiger partial charge in [-0.1, -0.05) is 35.0 Å². The van der Waals surface area contributed by atoms with Crippen molar-refractivity contribution < 1.29 is 29.0 Å². The number of carbonyl (C=O) groups excluding carboxylic acids is 3. The van der Waals surface area contributed by atoms with E-state index in [0.717, 1.165) is 28.4 Å². The Morgan fingerprint density at radius 2 is 2.02 bits per heavy atom. The quantitative estimate of drug-likeness (QED) is 0.220. The molecule has 0 aromatic heterocycles. The van der Waals surface area contributed by atoms with Crippen LogP contribution < -0.4 is 15.4 Å². The number of carbonyl (C=O) groups is 3. The van der Waals surface area contributed by atoms with Gasteiger partial charge < -0.3 is 19.9 Å². The summed E-state index contributed by atoms with van der Waals surface area (Å²) >= 11 is 3.49. The summed E-state index contributed by atoms with van der Waals surface area (Å²) in [4.78, 5) is 47.3. The van der Waals surface area contributed by atoms with E-state index in [0.29, 0.717) is 49.2 Å². The predicted molar refractivity (Wildman–Crippen MR) is 179 cm³/mol. The van der Waals surface area contributed by atoms with E-state index in [4.69, 9.17) is 14.5 Å². The normalized spacial score (nSPS) is 23.9. The SMILES string of the molecule is C=CCCC[C@]1(CC)CC(=O)N([C@@H]2CCOc3ccc(C(=O)N[C@@H]4c5cc(Br)ccc5C[C@H]4O)cc32)C(NC(=O)OC(C)(C)C)=N1. The molecule has 11 heteroatoms. The molecule has 0 fully saturated rings. The van der Waals surface area contributed by atoms with Crippen LogP contribution in [0.25, 0.3) is 0 Å². The molecule has 5 rings (SSSR count). The first-order chi connectivity index (χ1) is 21.8. The smallest absolute Gasteiger partial charge is 0.414 e. The summed E-state index contributed by atoms with van der Waals surface area (Å²) in [5.41, 5.74) is 1.42. The lowest BCUT2D eigenvalue weighted by Crippen LogP contribution is -2.56. The van der Waals surface area contributed by atoms with Gasteiger partial charge in [-0.25, -0.2) is 9.79 Å². The predicted octanol–water partition coefficient (Wildman–Crippen LogP) is 6.28. The Bertz CT molecular complexity index is 1550. The zero-order chi connectivity index (χ0) is 33.2. The van der Waals surface area contributed by atoms with Crippen molar-refractivity contribution in [3.8, 4) is 5.75 Å². The second-order valence-electron chi connectivity index (χ2n) is 13.2. The van der Waals surface area contributed by atoms with Crippen LogP contribution in [0.5, 0.6) is 5.75 Å². The summed E-state index contributed by atoms with van der Waals surface area (Å²) in [6, 6.07) is 9.80. The molecular formula is C35H43BrN4O6. The monoisotopic (exact) mass is 694 g/mol. The van der Waals surface area contributed by atoms with Gasteiger partial charge in [-0.05, 0) is 87.9 Å². The fourth-order valence-corrected chi connectivity index (χ4v) is 6.86. The van der Waals surface area contributed by atoms with Crippen molar-refractivity contribution >= 4 is 39.8 Å². The molecule has 3 aliphatic rings. The standard InChI is InChI=1S/C35H43BrN4O6/c1-6-8-9-15-35(7-2)20-29(42)40(32(39-35)38-33(44)46-34(3,4)5)26-14-16-45-28-13-11-22(17-25(26)28)31(43)37-30-24-19-23(36)12-10-21(24)18-27(30)41/h6,10-13,17,19,26-27,30,41H,1,7-9,14-16,18,20H2,2-5H3,(H,37,43)(H,38,39,44)/t26-,27-,30-,35-/m1/s1. The molecule has 4 atom stereocenters. The van der Waals surface area contributed by atoms with E-state index in [2.05, 4.69) is 33.1 Å². The minimum Gasteiger partial charge on any atom is -0.493 e. The number of nitrogens with one attached hydrogen (secondary N) is 2. The number of halogens is 1. The van der Waals surface area contributed by atoms with Crippen molar-refractivity contribution in [2.45, 2.75) is 102 Å². The minimum atomic E-state index is -0.754. The molecule has 2 aliphatic heterocycles. The largest absolute Gasteiger partial charge is 0.493 e. The number of aliphatic hydroxyl groups is 1. The average Bonchev–Trinajstić information content (AvgIpc) is 3.29. The molecule has 3 amide bonds. The van der Waals surface area contributed by atoms with E-state index in [1.165, 1.54) is 4.90 Å². The van der Waals surface area contributed by atoms with Crippen molar-refractivity contribution in [1.82, 2.24) is 15.5 Å². The third-order valence-corrected chi connectivity index (χ3v) is 9.27. The summed E-state index contributed by atoms with van der Waals surface area (Å²) in [6.45, 7) is 11.5. The summed E-state index contributed by atoms with van der Waals surface area (Å²) in [7, 11) is 0. The van der Waals surface area contributed by atoms with Crippen LogP contribution in [0.1, 0.15) is 105 Å². The van der Waals surface area contributed by atoms with Crippen LogP contribution in [0.15, 0.2) is 58.5 Å². The number of ether oxygens (including phenoxy) is 2. The molecule has 0 saturated heterocycles. The van der Waals surface area contributed by atoms with Gasteiger partial charge >= 0.3 is 6.09 Å². The van der Waals surface area contributed by atoms with Crippen molar-refractivity contribution in [2.24, 2.45) is 4.99 Å². The summed E-state index contributed by atoms with van der Waals surface area (Å²) < 4.78 is 12.4. The molecular weight excluding hydrogens is 652 g/mol. The minimum absolute atomic E-state index is 0.134. The van der Waals surface area contributed by atoms with Gasteiger partial charge in [0.05, 0.1) is 36.8 Å². The summed E-state index contributed by atoms with van der Waals surface area (Å²) in [5, 5.41) is 16.6. The first-order valence-corrected chi connectivity index (χ1v) is 16.7. The van der Waals surface area contributed by atoms with Gasteiger partial charge in [0, 0.05) is 28.4 Å². The summed E-state index contributed by atoms with van der Waals surface area (Å²) in [6.07, 6.45) is 4.33. The Morgan fingerprint density at radius 3 is 2.74 bits per heavy atom. The Kier molecular flexibility index (Phi) is 9.93. The second-order valence-corrected chi connectivity index (χ2v) is 14.1. The average molecular weight is 696 g/mol. The van der Waals surface area contributed by atoms with Gasteiger partial charge in [0.15, 0.2) is 0 Å². The lowest BCUT2D eigenvalue weighted by molar-refractivity contribution is -0.132. The summed E-state index contributed by atoms with van der Waals surface area (Å²) in [5.74, 6) is 0.146. The van der Waals surface area contributed by atoms with Crippen molar-refractivity contribution in [3.63, 3.8) is 0 Å². The molecule has 0 saturated carbocycles. The number of fused-ring (bicyclic) bond motifs is 2. The molecule has 2 aromatic carbocycles. The molecule has 0 radical (unpaired) electrons. The number of hydrogen-bond acceptors (Lipinski definition) is 7. The molecule has 46 heavy (non-hydrogen) atoms. The van der Waals surface area contributed by atoms with Crippen LogP contribution in [0.4, 0.5) is 4.79 Å². The van der Waals surface area contributed by atoms with E-state index in [-0.39, 0.29) is 24.2 Å². The maximum Gasteiger partial charge on any atom is 0.414 e. The number of aliphatic imine (C=N–C) groups is 1. The molecule has 0 unspecified atom stereocenters. The number of allylic oxidation sites excluding steroid dienone is 1. The molecule has 2 heterocycles. The van der Waals surface area contributed by atoms with E-state index in [1.807, 2.05) is 31.2 Å². The molecule has 3 N–H and O–H groups in total. The van der Waals surface area contributed by atoms with Gasteiger partial charge in [-0.15, -0.1) is 6.58 Å². The highest BCUT2D eigenvalue weighted by Crippen LogP contribution is 2.41. The Balaban J connectivity index is 1.47. The third-order valence-electron chi connectivity index (χ3n) is 8.78.